The van der Waals surface area contributed by atoms with Crippen LogP contribution in [-0.2, 0) is 4.79 Å². The second kappa shape index (κ2) is 4.81. The number of halogens is 1. The van der Waals surface area contributed by atoms with E-state index in [1.807, 2.05) is 18.7 Å². The van der Waals surface area contributed by atoms with Crippen LogP contribution in [0.25, 0.3) is 0 Å². The molecule has 1 aliphatic rings. The maximum atomic E-state index is 13.8. The van der Waals surface area contributed by atoms with E-state index in [2.05, 4.69) is 0 Å². The monoisotopic (exact) mass is 266 g/mol. The number of carbonyl (C=O) groups is 1. The molecule has 1 aromatic rings. The molecular weight excluding hydrogens is 247 g/mol. The Labute approximate surface area is 112 Å². The van der Waals surface area contributed by atoms with Crippen molar-refractivity contribution in [2.75, 3.05) is 13.1 Å². The molecule has 2 rings (SSSR count). The molecule has 0 aromatic heterocycles. The number of nitrogens with two attached hydrogens (primary N) is 1. The Morgan fingerprint density at radius 2 is 2.26 bits per heavy atom. The van der Waals surface area contributed by atoms with Crippen LogP contribution in [0.15, 0.2) is 18.2 Å². The van der Waals surface area contributed by atoms with Crippen molar-refractivity contribution in [1.82, 2.24) is 4.90 Å². The van der Waals surface area contributed by atoms with Crippen LogP contribution in [0.5, 0.6) is 5.75 Å². The van der Waals surface area contributed by atoms with Crippen LogP contribution in [0.2, 0.25) is 0 Å². The molecule has 1 saturated heterocycles. The minimum atomic E-state index is -0.540. The van der Waals surface area contributed by atoms with Gasteiger partial charge in [0.15, 0.2) is 0 Å². The van der Waals surface area contributed by atoms with Gasteiger partial charge in [-0.15, -0.1) is 0 Å². The van der Waals surface area contributed by atoms with Crippen LogP contribution in [0, 0.1) is 11.2 Å². The lowest BCUT2D eigenvalue weighted by Crippen LogP contribution is -2.37. The largest absolute Gasteiger partial charge is 0.508 e. The van der Waals surface area contributed by atoms with E-state index in [-0.39, 0.29) is 17.7 Å². The number of phenols is 1. The number of amides is 1. The molecule has 1 fully saturated rings. The van der Waals surface area contributed by atoms with Crippen LogP contribution in [0.4, 0.5) is 4.39 Å². The van der Waals surface area contributed by atoms with Gasteiger partial charge in [0.25, 0.3) is 0 Å². The average Bonchev–Trinajstić information content (AvgIpc) is 2.73. The number of primary amides is 1. The summed E-state index contributed by atoms with van der Waals surface area (Å²) in [6.07, 6.45) is 0.687. The number of hydrogen-bond acceptors (Lipinski definition) is 3. The molecule has 0 radical (unpaired) electrons. The zero-order valence-electron chi connectivity index (χ0n) is 11.2. The fourth-order valence-corrected chi connectivity index (χ4v) is 2.58. The second-order valence-corrected chi connectivity index (χ2v) is 5.53. The van der Waals surface area contributed by atoms with Crippen molar-refractivity contribution in [3.8, 4) is 5.75 Å². The first-order valence-electron chi connectivity index (χ1n) is 6.36. The van der Waals surface area contributed by atoms with E-state index in [0.29, 0.717) is 25.1 Å². The van der Waals surface area contributed by atoms with Gasteiger partial charge in [-0.1, -0.05) is 6.07 Å². The van der Waals surface area contributed by atoms with Gasteiger partial charge in [0.05, 0.1) is 5.41 Å². The maximum absolute atomic E-state index is 13.8. The lowest BCUT2D eigenvalue weighted by atomic mass is 9.89. The lowest BCUT2D eigenvalue weighted by Gasteiger charge is -2.27. The van der Waals surface area contributed by atoms with Crippen molar-refractivity contribution in [2.45, 2.75) is 26.3 Å². The van der Waals surface area contributed by atoms with E-state index in [1.165, 1.54) is 6.07 Å². The van der Waals surface area contributed by atoms with E-state index >= 15 is 0 Å². The summed E-state index contributed by atoms with van der Waals surface area (Å²) in [4.78, 5) is 13.5. The van der Waals surface area contributed by atoms with Gasteiger partial charge in [-0.25, -0.2) is 4.39 Å². The van der Waals surface area contributed by atoms with Gasteiger partial charge in [-0.3, -0.25) is 9.69 Å². The first kappa shape index (κ1) is 13.8. The zero-order valence-corrected chi connectivity index (χ0v) is 11.2. The topological polar surface area (TPSA) is 66.6 Å². The van der Waals surface area contributed by atoms with Gasteiger partial charge in [-0.2, -0.15) is 0 Å². The SMILES string of the molecule is CC(c1ccc(O)cc1F)N1CCC(C)(C(N)=O)C1. The van der Waals surface area contributed by atoms with E-state index in [4.69, 9.17) is 5.73 Å². The number of phenolic OH excluding ortho intramolecular Hbond substituents is 1. The van der Waals surface area contributed by atoms with Crippen molar-refractivity contribution in [3.05, 3.63) is 29.6 Å². The fourth-order valence-electron chi connectivity index (χ4n) is 2.58. The molecule has 1 aliphatic heterocycles. The number of carbonyl (C=O) groups excluding carboxylic acids is 1. The number of likely N-dealkylation sites (tertiary alicyclic amines) is 1. The Morgan fingerprint density at radius 3 is 2.79 bits per heavy atom. The van der Waals surface area contributed by atoms with Gasteiger partial charge in [0.2, 0.25) is 5.91 Å². The highest BCUT2D eigenvalue weighted by Gasteiger charge is 2.40. The summed E-state index contributed by atoms with van der Waals surface area (Å²) in [5.41, 5.74) is 5.39. The Kier molecular flexibility index (Phi) is 3.49. The molecule has 2 unspecified atom stereocenters. The lowest BCUT2D eigenvalue weighted by molar-refractivity contribution is -0.126. The van der Waals surface area contributed by atoms with Crippen LogP contribution < -0.4 is 5.73 Å². The van der Waals surface area contributed by atoms with Crippen molar-refractivity contribution < 1.29 is 14.3 Å². The van der Waals surface area contributed by atoms with Crippen molar-refractivity contribution in [1.29, 1.82) is 0 Å². The first-order valence-corrected chi connectivity index (χ1v) is 6.36. The first-order chi connectivity index (χ1) is 8.83. The molecule has 2 atom stereocenters. The van der Waals surface area contributed by atoms with Crippen LogP contribution >= 0.6 is 0 Å². The third-order valence-corrected chi connectivity index (χ3v) is 4.08. The Bertz CT molecular complexity index is 506. The molecule has 104 valence electrons. The van der Waals surface area contributed by atoms with Gasteiger partial charge in [-0.05, 0) is 32.9 Å². The molecule has 19 heavy (non-hydrogen) atoms. The van der Waals surface area contributed by atoms with Crippen molar-refractivity contribution in [3.63, 3.8) is 0 Å². The summed E-state index contributed by atoms with van der Waals surface area (Å²) in [5.74, 6) is -0.828. The minimum absolute atomic E-state index is 0.0863. The van der Waals surface area contributed by atoms with Gasteiger partial charge in [0, 0.05) is 24.2 Å². The molecule has 0 spiro atoms. The Hall–Kier alpha value is -1.62. The summed E-state index contributed by atoms with van der Waals surface area (Å²) in [6.45, 7) is 4.97. The highest BCUT2D eigenvalue weighted by molar-refractivity contribution is 5.81. The standard InChI is InChI=1S/C14H19FN2O2/c1-9(11-4-3-10(18)7-12(11)15)17-6-5-14(2,8-17)13(16)19/h3-4,7,9,18H,5-6,8H2,1-2H3,(H2,16,19). The predicted octanol–water partition coefficient (Wildman–Crippen LogP) is 1.79. The molecule has 0 aliphatic carbocycles. The maximum Gasteiger partial charge on any atom is 0.224 e. The molecule has 4 nitrogen and oxygen atoms in total. The molecule has 3 N–H and O–H groups in total. The summed E-state index contributed by atoms with van der Waals surface area (Å²) in [6, 6.07) is 4.00. The molecule has 1 heterocycles. The van der Waals surface area contributed by atoms with Crippen molar-refractivity contribution >= 4 is 5.91 Å². The van der Waals surface area contributed by atoms with Crippen LogP contribution in [-0.4, -0.2) is 29.0 Å². The zero-order chi connectivity index (χ0) is 14.2. The molecular formula is C14H19FN2O2. The summed E-state index contributed by atoms with van der Waals surface area (Å²) in [7, 11) is 0. The summed E-state index contributed by atoms with van der Waals surface area (Å²) >= 11 is 0. The van der Waals surface area contributed by atoms with Crippen LogP contribution in [0.3, 0.4) is 0 Å². The van der Waals surface area contributed by atoms with E-state index < -0.39 is 11.2 Å². The third-order valence-electron chi connectivity index (χ3n) is 4.08. The third kappa shape index (κ3) is 2.56. The van der Waals surface area contributed by atoms with Gasteiger partial charge < -0.3 is 10.8 Å². The van der Waals surface area contributed by atoms with Crippen molar-refractivity contribution in [2.24, 2.45) is 11.1 Å². The number of hydrogen-bond donors (Lipinski definition) is 2. The Morgan fingerprint density at radius 1 is 1.58 bits per heavy atom. The number of rotatable bonds is 3. The summed E-state index contributed by atoms with van der Waals surface area (Å²) in [5, 5.41) is 9.23. The highest BCUT2D eigenvalue weighted by atomic mass is 19.1. The minimum Gasteiger partial charge on any atom is -0.508 e. The van der Waals surface area contributed by atoms with Crippen LogP contribution in [0.1, 0.15) is 31.9 Å². The molecule has 5 heteroatoms. The number of nitrogens with zero attached hydrogens (tertiary/aromatic N) is 1. The van der Waals surface area contributed by atoms with E-state index in [9.17, 15) is 14.3 Å². The van der Waals surface area contributed by atoms with Gasteiger partial charge >= 0.3 is 0 Å². The molecule has 0 saturated carbocycles. The Balaban J connectivity index is 2.17. The highest BCUT2D eigenvalue weighted by Crippen LogP contribution is 2.35. The number of benzene rings is 1. The van der Waals surface area contributed by atoms with E-state index in [1.54, 1.807) is 6.07 Å². The molecule has 1 aromatic carbocycles. The quantitative estimate of drug-likeness (QED) is 0.876. The molecule has 1 amide bonds. The normalized spacial score (nSPS) is 25.4. The smallest absolute Gasteiger partial charge is 0.224 e. The van der Waals surface area contributed by atoms with E-state index in [0.717, 1.165) is 6.07 Å². The fraction of sp³-hybridized carbons (Fsp3) is 0.500. The predicted molar refractivity (Wildman–Crippen MR) is 70.0 cm³/mol. The summed E-state index contributed by atoms with van der Waals surface area (Å²) < 4.78 is 13.8. The number of aromatic hydroxyl groups is 1. The average molecular weight is 266 g/mol. The molecule has 0 bridgehead atoms. The second-order valence-electron chi connectivity index (χ2n) is 5.53. The van der Waals surface area contributed by atoms with Gasteiger partial charge in [0.1, 0.15) is 11.6 Å².